The van der Waals surface area contributed by atoms with Crippen molar-refractivity contribution in [3.8, 4) is 0 Å². The molecule has 2 heterocycles. The first-order chi connectivity index (χ1) is 10.6. The Morgan fingerprint density at radius 1 is 1.23 bits per heavy atom. The third kappa shape index (κ3) is 3.13. The topological polar surface area (TPSA) is 57.2 Å². The Morgan fingerprint density at radius 2 is 1.95 bits per heavy atom. The second kappa shape index (κ2) is 6.55. The minimum atomic E-state index is -0.0181. The molecule has 4 heteroatoms. The molecule has 1 aliphatic heterocycles. The molecular weight excluding hydrogens is 276 g/mol. The van der Waals surface area contributed by atoms with Crippen molar-refractivity contribution in [3.05, 3.63) is 33.7 Å². The smallest absolute Gasteiger partial charge is 0.254 e. The molecule has 2 aliphatic rings. The van der Waals surface area contributed by atoms with Gasteiger partial charge in [0, 0.05) is 17.3 Å². The fraction of sp³-hybridized carbons (Fsp3) is 0.722. The average molecular weight is 304 g/mol. The van der Waals surface area contributed by atoms with E-state index in [-0.39, 0.29) is 17.6 Å². The average Bonchev–Trinajstić information content (AvgIpc) is 2.52. The lowest BCUT2D eigenvalue weighted by atomic mass is 9.89. The van der Waals surface area contributed by atoms with Crippen LogP contribution in [0.3, 0.4) is 0 Å². The lowest BCUT2D eigenvalue weighted by Crippen LogP contribution is -2.46. The molecule has 1 aromatic rings. The van der Waals surface area contributed by atoms with Crippen molar-refractivity contribution in [1.29, 1.82) is 0 Å². The zero-order chi connectivity index (χ0) is 15.7. The van der Waals surface area contributed by atoms with Crippen molar-refractivity contribution in [2.75, 3.05) is 6.61 Å². The predicted molar refractivity (Wildman–Crippen MR) is 88.1 cm³/mol. The molecule has 0 bridgehead atoms. The maximum atomic E-state index is 12.5. The maximum Gasteiger partial charge on any atom is 0.254 e. The Morgan fingerprint density at radius 3 is 2.68 bits per heavy atom. The van der Waals surface area contributed by atoms with Gasteiger partial charge in [0.25, 0.3) is 5.56 Å². The Kier molecular flexibility index (Phi) is 4.69. The molecule has 0 spiro atoms. The van der Waals surface area contributed by atoms with E-state index >= 15 is 0 Å². The van der Waals surface area contributed by atoms with E-state index in [1.165, 1.54) is 12.8 Å². The highest BCUT2D eigenvalue weighted by Crippen LogP contribution is 2.28. The van der Waals surface area contributed by atoms with Crippen LogP contribution in [0.1, 0.15) is 56.3 Å². The minimum Gasteiger partial charge on any atom is -0.376 e. The van der Waals surface area contributed by atoms with Crippen LogP contribution >= 0.6 is 0 Å². The number of nitrogens with zero attached hydrogens (tertiary/aromatic N) is 1. The molecule has 2 unspecified atom stereocenters. The summed E-state index contributed by atoms with van der Waals surface area (Å²) in [6.45, 7) is 4.75. The zero-order valence-corrected chi connectivity index (χ0v) is 13.8. The van der Waals surface area contributed by atoms with E-state index in [1.54, 1.807) is 0 Å². The molecular formula is C18H28N2O2. The summed E-state index contributed by atoms with van der Waals surface area (Å²) in [5, 5.41) is 0. The maximum absolute atomic E-state index is 12.5. The number of hydrogen-bond donors (Lipinski definition) is 1. The van der Waals surface area contributed by atoms with E-state index in [9.17, 15) is 4.79 Å². The molecule has 0 aromatic carbocycles. The molecule has 3 rings (SSSR count). The highest BCUT2D eigenvalue weighted by molar-refractivity contribution is 5.18. The molecule has 2 N–H and O–H groups in total. The van der Waals surface area contributed by atoms with Crippen molar-refractivity contribution < 1.29 is 4.74 Å². The number of pyridine rings is 1. The van der Waals surface area contributed by atoms with Gasteiger partial charge in [0.15, 0.2) is 0 Å². The molecule has 1 saturated carbocycles. The summed E-state index contributed by atoms with van der Waals surface area (Å²) < 4.78 is 8.05. The number of aryl methyl sites for hydroxylation is 2. The van der Waals surface area contributed by atoms with Crippen LogP contribution in [0, 0.1) is 12.8 Å². The van der Waals surface area contributed by atoms with Gasteiger partial charge >= 0.3 is 0 Å². The first kappa shape index (κ1) is 15.8. The molecule has 1 fully saturated rings. The third-order valence-corrected chi connectivity index (χ3v) is 5.42. The van der Waals surface area contributed by atoms with Gasteiger partial charge in [0.05, 0.1) is 18.8 Å². The summed E-state index contributed by atoms with van der Waals surface area (Å²) in [4.78, 5) is 12.5. The predicted octanol–water partition coefficient (Wildman–Crippen LogP) is 2.57. The van der Waals surface area contributed by atoms with Gasteiger partial charge in [-0.2, -0.15) is 0 Å². The summed E-state index contributed by atoms with van der Waals surface area (Å²) in [7, 11) is 0. The van der Waals surface area contributed by atoms with Crippen molar-refractivity contribution in [1.82, 2.24) is 4.57 Å². The lowest BCUT2D eigenvalue weighted by Gasteiger charge is -2.35. The summed E-state index contributed by atoms with van der Waals surface area (Å²) in [6.07, 6.45) is 6.92. The van der Waals surface area contributed by atoms with Gasteiger partial charge in [-0.05, 0) is 57.4 Å². The molecule has 2 atom stereocenters. The van der Waals surface area contributed by atoms with Crippen LogP contribution in [-0.4, -0.2) is 23.3 Å². The molecule has 122 valence electrons. The van der Waals surface area contributed by atoms with Crippen molar-refractivity contribution in [3.63, 3.8) is 0 Å². The highest BCUT2D eigenvalue weighted by Gasteiger charge is 2.29. The summed E-state index contributed by atoms with van der Waals surface area (Å²) >= 11 is 0. The minimum absolute atomic E-state index is 0.00881. The second-order valence-electron chi connectivity index (χ2n) is 7.17. The molecule has 4 nitrogen and oxygen atoms in total. The van der Waals surface area contributed by atoms with Crippen LogP contribution in [0.5, 0.6) is 0 Å². The van der Waals surface area contributed by atoms with Crippen LogP contribution < -0.4 is 11.3 Å². The standard InChI is InChI=1S/C18H28N2O2/c1-12-3-8-15(9-4-12)22-11-17-16(19)10-7-14-6-5-13(2)18(21)20(14)17/h5-6,12,15-17H,3-4,7-11,19H2,1-2H3. The summed E-state index contributed by atoms with van der Waals surface area (Å²) in [5.41, 5.74) is 8.29. The van der Waals surface area contributed by atoms with Gasteiger partial charge in [-0.15, -0.1) is 0 Å². The van der Waals surface area contributed by atoms with Crippen LogP contribution in [0.4, 0.5) is 0 Å². The van der Waals surface area contributed by atoms with Gasteiger partial charge < -0.3 is 15.0 Å². The van der Waals surface area contributed by atoms with Crippen molar-refractivity contribution in [2.45, 2.75) is 70.6 Å². The largest absolute Gasteiger partial charge is 0.376 e. The first-order valence-electron chi connectivity index (χ1n) is 8.64. The normalized spacial score (nSPS) is 31.8. The molecule has 22 heavy (non-hydrogen) atoms. The number of nitrogens with two attached hydrogens (primary N) is 1. The Hall–Kier alpha value is -1.13. The molecule has 0 amide bonds. The number of fused-ring (bicyclic) bond motifs is 1. The number of aromatic nitrogens is 1. The van der Waals surface area contributed by atoms with Crippen LogP contribution in [-0.2, 0) is 11.2 Å². The Balaban J connectivity index is 1.74. The van der Waals surface area contributed by atoms with E-state index < -0.39 is 0 Å². The third-order valence-electron chi connectivity index (χ3n) is 5.42. The highest BCUT2D eigenvalue weighted by atomic mass is 16.5. The number of ether oxygens (including phenoxy) is 1. The van der Waals surface area contributed by atoms with E-state index in [2.05, 4.69) is 13.0 Å². The Labute approximate surface area is 132 Å². The summed E-state index contributed by atoms with van der Waals surface area (Å²) in [6, 6.07) is 3.98. The summed E-state index contributed by atoms with van der Waals surface area (Å²) in [5.74, 6) is 0.822. The van der Waals surface area contributed by atoms with Crippen LogP contribution in [0.2, 0.25) is 0 Å². The molecule has 1 aliphatic carbocycles. The van der Waals surface area contributed by atoms with E-state index in [4.69, 9.17) is 10.5 Å². The molecule has 0 radical (unpaired) electrons. The Bertz CT molecular complexity index is 573. The number of hydrogen-bond acceptors (Lipinski definition) is 3. The van der Waals surface area contributed by atoms with Crippen molar-refractivity contribution in [2.24, 2.45) is 11.7 Å². The van der Waals surface area contributed by atoms with Gasteiger partial charge in [0.2, 0.25) is 0 Å². The van der Waals surface area contributed by atoms with Crippen LogP contribution in [0.25, 0.3) is 0 Å². The molecule has 0 saturated heterocycles. The second-order valence-corrected chi connectivity index (χ2v) is 7.17. The van der Waals surface area contributed by atoms with Gasteiger partial charge in [0.1, 0.15) is 0 Å². The van der Waals surface area contributed by atoms with Crippen molar-refractivity contribution >= 4 is 0 Å². The molecule has 1 aromatic heterocycles. The fourth-order valence-electron chi connectivity index (χ4n) is 3.79. The van der Waals surface area contributed by atoms with E-state index in [1.807, 2.05) is 17.6 Å². The van der Waals surface area contributed by atoms with Gasteiger partial charge in [-0.3, -0.25) is 4.79 Å². The van der Waals surface area contributed by atoms with Gasteiger partial charge in [-0.1, -0.05) is 13.0 Å². The first-order valence-corrected chi connectivity index (χ1v) is 8.64. The quantitative estimate of drug-likeness (QED) is 0.933. The monoisotopic (exact) mass is 304 g/mol. The fourth-order valence-corrected chi connectivity index (χ4v) is 3.79. The van der Waals surface area contributed by atoms with E-state index in [0.717, 1.165) is 42.9 Å². The zero-order valence-electron chi connectivity index (χ0n) is 13.8. The SMILES string of the molecule is Cc1ccc2n(c1=O)C(COC1CCC(C)CC1)C(N)CC2. The lowest BCUT2D eigenvalue weighted by molar-refractivity contribution is -0.00432. The van der Waals surface area contributed by atoms with Crippen LogP contribution in [0.15, 0.2) is 16.9 Å². The number of rotatable bonds is 3. The van der Waals surface area contributed by atoms with Gasteiger partial charge in [-0.25, -0.2) is 0 Å². The van der Waals surface area contributed by atoms with E-state index in [0.29, 0.717) is 12.7 Å².